The number of nitrogen functional groups attached to an aromatic ring is 1. The van der Waals surface area contributed by atoms with E-state index < -0.39 is 24.5 Å². The highest BCUT2D eigenvalue weighted by Crippen LogP contribution is 2.32. The topological polar surface area (TPSA) is 149 Å². The summed E-state index contributed by atoms with van der Waals surface area (Å²) >= 11 is 0. The summed E-state index contributed by atoms with van der Waals surface area (Å²) in [6.45, 7) is 1.19. The molecule has 0 amide bonds. The van der Waals surface area contributed by atoms with E-state index in [0.29, 0.717) is 30.8 Å². The molecule has 0 bridgehead atoms. The maximum atomic E-state index is 10.4. The second-order valence-corrected chi connectivity index (χ2v) is 5.88. The Morgan fingerprint density at radius 2 is 2.08 bits per heavy atom. The number of hydrogen-bond donors (Lipinski definition) is 4. The summed E-state index contributed by atoms with van der Waals surface area (Å²) in [5.74, 6) is 5.93. The molecule has 4 atom stereocenters. The van der Waals surface area contributed by atoms with Crippen LogP contribution in [-0.2, 0) is 4.74 Å². The van der Waals surface area contributed by atoms with Crippen LogP contribution >= 0.6 is 0 Å². The molecule has 3 heterocycles. The molecule has 1 saturated heterocycles. The number of nitrogens with two attached hydrogens (primary N) is 2. The van der Waals surface area contributed by atoms with Crippen LogP contribution in [0.4, 0.5) is 5.82 Å². The van der Waals surface area contributed by atoms with E-state index in [1.54, 1.807) is 4.57 Å². The number of nitrogens with zero attached hydrogens (tertiary/aromatic N) is 5. The van der Waals surface area contributed by atoms with Gasteiger partial charge in [-0.15, -0.1) is 0 Å². The standard InChI is InChI=1S/C15H21N7O3/c1-21(5-3-2-4-16)6-9-11(23)12(24)15(25-9)22-8-20-10-13(17)18-7-19-14(10)22/h7-9,11-12,15,23-24H,4-6,16H2,1H3,(H2,17,18,19)/t9-,11?,12?,15-/m1/s1. The number of imidazole rings is 1. The molecule has 1 fully saturated rings. The fourth-order valence-electron chi connectivity index (χ4n) is 2.80. The van der Waals surface area contributed by atoms with Crippen molar-refractivity contribution in [3.8, 4) is 11.8 Å². The zero-order chi connectivity index (χ0) is 18.0. The van der Waals surface area contributed by atoms with Crippen molar-refractivity contribution < 1.29 is 14.9 Å². The Bertz CT molecular complexity index is 799. The third-order valence-electron chi connectivity index (χ3n) is 4.07. The number of anilines is 1. The number of hydrogen-bond acceptors (Lipinski definition) is 9. The summed E-state index contributed by atoms with van der Waals surface area (Å²) in [6, 6.07) is 0. The van der Waals surface area contributed by atoms with Crippen LogP contribution in [0, 0.1) is 11.8 Å². The van der Waals surface area contributed by atoms with Crippen LogP contribution in [-0.4, -0.2) is 79.6 Å². The van der Waals surface area contributed by atoms with E-state index >= 15 is 0 Å². The maximum Gasteiger partial charge on any atom is 0.167 e. The molecule has 10 nitrogen and oxygen atoms in total. The molecular weight excluding hydrogens is 326 g/mol. The molecule has 6 N–H and O–H groups in total. The van der Waals surface area contributed by atoms with Crippen LogP contribution < -0.4 is 11.5 Å². The fraction of sp³-hybridized carbons (Fsp3) is 0.533. The highest BCUT2D eigenvalue weighted by atomic mass is 16.6. The van der Waals surface area contributed by atoms with Crippen molar-refractivity contribution in [3.63, 3.8) is 0 Å². The first-order chi connectivity index (χ1) is 12.0. The van der Waals surface area contributed by atoms with E-state index in [0.717, 1.165) is 0 Å². The van der Waals surface area contributed by atoms with E-state index in [4.69, 9.17) is 16.2 Å². The van der Waals surface area contributed by atoms with Gasteiger partial charge >= 0.3 is 0 Å². The van der Waals surface area contributed by atoms with Crippen LogP contribution in [0.2, 0.25) is 0 Å². The number of aliphatic hydroxyl groups is 2. The zero-order valence-electron chi connectivity index (χ0n) is 13.8. The number of aromatic nitrogens is 4. The highest BCUT2D eigenvalue weighted by Gasteiger charge is 2.44. The Morgan fingerprint density at radius 3 is 2.84 bits per heavy atom. The highest BCUT2D eigenvalue weighted by molar-refractivity contribution is 5.81. The lowest BCUT2D eigenvalue weighted by atomic mass is 10.1. The van der Waals surface area contributed by atoms with Crippen molar-refractivity contribution in [2.75, 3.05) is 32.4 Å². The minimum absolute atomic E-state index is 0.242. The van der Waals surface area contributed by atoms with E-state index in [9.17, 15) is 10.2 Å². The Hall–Kier alpha value is -2.29. The third kappa shape index (κ3) is 3.41. The SMILES string of the molecule is CN(CC#CCN)C[C@H]1O[C@@H](n2cnc3c(N)ncnc32)C(O)C1O. The lowest BCUT2D eigenvalue weighted by Crippen LogP contribution is -2.38. The molecule has 2 aromatic heterocycles. The molecule has 0 radical (unpaired) electrons. The van der Waals surface area contributed by atoms with Gasteiger partial charge in [-0.3, -0.25) is 9.47 Å². The van der Waals surface area contributed by atoms with Gasteiger partial charge in [0.15, 0.2) is 17.7 Å². The normalized spacial score (nSPS) is 26.1. The van der Waals surface area contributed by atoms with Gasteiger partial charge < -0.3 is 26.4 Å². The summed E-state index contributed by atoms with van der Waals surface area (Å²) < 4.78 is 7.41. The van der Waals surface area contributed by atoms with Crippen molar-refractivity contribution in [1.82, 2.24) is 24.4 Å². The Morgan fingerprint density at radius 1 is 1.28 bits per heavy atom. The molecule has 0 aliphatic carbocycles. The van der Waals surface area contributed by atoms with Gasteiger partial charge in [0.05, 0.1) is 19.4 Å². The zero-order valence-corrected chi connectivity index (χ0v) is 13.8. The first-order valence-electron chi connectivity index (χ1n) is 7.82. The minimum atomic E-state index is -1.12. The average molecular weight is 347 g/mol. The van der Waals surface area contributed by atoms with Crippen LogP contribution in [0.3, 0.4) is 0 Å². The molecule has 0 aromatic carbocycles. The van der Waals surface area contributed by atoms with Crippen LogP contribution in [0.25, 0.3) is 11.2 Å². The number of ether oxygens (including phenoxy) is 1. The van der Waals surface area contributed by atoms with Crippen molar-refractivity contribution in [3.05, 3.63) is 12.7 Å². The van der Waals surface area contributed by atoms with Gasteiger partial charge in [-0.1, -0.05) is 11.8 Å². The molecule has 0 spiro atoms. The van der Waals surface area contributed by atoms with Gasteiger partial charge in [0, 0.05) is 6.54 Å². The van der Waals surface area contributed by atoms with Gasteiger partial charge in [0.2, 0.25) is 0 Å². The average Bonchev–Trinajstić information content (AvgIpc) is 3.13. The maximum absolute atomic E-state index is 10.4. The second-order valence-electron chi connectivity index (χ2n) is 5.88. The number of rotatable bonds is 4. The molecule has 134 valence electrons. The third-order valence-corrected chi connectivity index (χ3v) is 4.07. The van der Waals surface area contributed by atoms with E-state index in [-0.39, 0.29) is 5.82 Å². The van der Waals surface area contributed by atoms with Crippen molar-refractivity contribution in [2.45, 2.75) is 24.5 Å². The molecular formula is C15H21N7O3. The summed E-state index contributed by atoms with van der Waals surface area (Å²) in [7, 11) is 1.85. The summed E-state index contributed by atoms with van der Waals surface area (Å²) in [6.07, 6.45) is -0.790. The summed E-state index contributed by atoms with van der Waals surface area (Å²) in [4.78, 5) is 14.1. The van der Waals surface area contributed by atoms with Crippen LogP contribution in [0.5, 0.6) is 0 Å². The first-order valence-corrected chi connectivity index (χ1v) is 7.82. The Kier molecular flexibility index (Phi) is 5.12. The van der Waals surface area contributed by atoms with Crippen LogP contribution in [0.1, 0.15) is 6.23 Å². The van der Waals surface area contributed by atoms with Crippen molar-refractivity contribution in [1.29, 1.82) is 0 Å². The molecule has 10 heteroatoms. The van der Waals surface area contributed by atoms with Crippen molar-refractivity contribution in [2.24, 2.45) is 5.73 Å². The summed E-state index contributed by atoms with van der Waals surface area (Å²) in [5, 5.41) is 20.7. The Labute approximate surface area is 144 Å². The summed E-state index contributed by atoms with van der Waals surface area (Å²) in [5.41, 5.74) is 12.0. The lowest BCUT2D eigenvalue weighted by Gasteiger charge is -2.20. The number of fused-ring (bicyclic) bond motifs is 1. The minimum Gasteiger partial charge on any atom is -0.387 e. The predicted octanol–water partition coefficient (Wildman–Crippen LogP) is -2.08. The molecule has 3 rings (SSSR count). The van der Waals surface area contributed by atoms with E-state index in [2.05, 4.69) is 26.8 Å². The quantitative estimate of drug-likeness (QED) is 0.457. The molecule has 25 heavy (non-hydrogen) atoms. The monoisotopic (exact) mass is 347 g/mol. The van der Waals surface area contributed by atoms with Crippen LogP contribution in [0.15, 0.2) is 12.7 Å². The molecule has 0 saturated carbocycles. The largest absolute Gasteiger partial charge is 0.387 e. The smallest absolute Gasteiger partial charge is 0.167 e. The van der Waals surface area contributed by atoms with Gasteiger partial charge in [0.1, 0.15) is 30.2 Å². The number of aliphatic hydroxyl groups excluding tert-OH is 2. The van der Waals surface area contributed by atoms with Gasteiger partial charge in [-0.25, -0.2) is 15.0 Å². The molecule has 1 aliphatic heterocycles. The second kappa shape index (κ2) is 7.30. The van der Waals surface area contributed by atoms with E-state index in [1.165, 1.54) is 12.7 Å². The first kappa shape index (κ1) is 17.5. The predicted molar refractivity (Wildman–Crippen MR) is 90.0 cm³/mol. The lowest BCUT2D eigenvalue weighted by molar-refractivity contribution is -0.0413. The molecule has 2 aromatic rings. The Balaban J connectivity index is 1.76. The fourth-order valence-corrected chi connectivity index (χ4v) is 2.80. The molecule has 1 aliphatic rings. The molecule has 2 unspecified atom stereocenters. The number of likely N-dealkylation sites (N-methyl/N-ethyl adjacent to an activating group) is 1. The van der Waals surface area contributed by atoms with Gasteiger partial charge in [-0.05, 0) is 7.05 Å². The van der Waals surface area contributed by atoms with Gasteiger partial charge in [-0.2, -0.15) is 0 Å². The van der Waals surface area contributed by atoms with Crippen molar-refractivity contribution >= 4 is 17.0 Å². The van der Waals surface area contributed by atoms with E-state index in [1.807, 2.05) is 11.9 Å². The van der Waals surface area contributed by atoms with Gasteiger partial charge in [0.25, 0.3) is 0 Å².